The van der Waals surface area contributed by atoms with Gasteiger partial charge in [-0.05, 0) is 132 Å². The lowest BCUT2D eigenvalue weighted by Crippen LogP contribution is -2.64. The lowest BCUT2D eigenvalue weighted by Gasteiger charge is -2.68. The molecule has 1 aliphatic heterocycles. The third-order valence-corrected chi connectivity index (χ3v) is 15.5. The molecule has 0 spiro atoms. The smallest absolute Gasteiger partial charge is 0.306 e. The highest BCUT2D eigenvalue weighted by molar-refractivity contribution is 5.69. The Kier molecular flexibility index (Phi) is 12.0. The quantitative estimate of drug-likeness (QED) is 0.149. The van der Waals surface area contributed by atoms with E-state index in [1.165, 1.54) is 89.9 Å². The van der Waals surface area contributed by atoms with E-state index in [1.807, 2.05) is 0 Å². The van der Waals surface area contributed by atoms with Crippen LogP contribution in [-0.2, 0) is 14.3 Å². The van der Waals surface area contributed by atoms with Gasteiger partial charge in [-0.1, -0.05) is 98.8 Å². The predicted octanol–water partition coefficient (Wildman–Crippen LogP) is 11.6. The molecular formula is C43H76O4. The largest absolute Gasteiger partial charge is 0.462 e. The SMILES string of the molecule is CCCCCCCCCCCCCC(=O)O[C@H]1CC[C@@]2(C)C(CC[C@@]3(C)C4CC[C@H]([C@@]5(C)CCCC(C)(C)O5)[C@H]4[C@H](O)C[C@@H]32)C1(C)C. The van der Waals surface area contributed by atoms with Crippen molar-refractivity contribution in [3.05, 3.63) is 0 Å². The fourth-order valence-corrected chi connectivity index (χ4v) is 13.2. The van der Waals surface area contributed by atoms with Crippen LogP contribution in [0.25, 0.3) is 0 Å². The van der Waals surface area contributed by atoms with E-state index in [4.69, 9.17) is 9.47 Å². The topological polar surface area (TPSA) is 55.8 Å². The molecule has 0 aromatic rings. The van der Waals surface area contributed by atoms with E-state index in [-0.39, 0.29) is 45.6 Å². The molecule has 272 valence electrons. The second-order valence-electron chi connectivity index (χ2n) is 19.5. The molecule has 4 aliphatic carbocycles. The first-order valence-corrected chi connectivity index (χ1v) is 20.8. The standard InChI is InChI=1S/C43H76O4/c1-9-10-11-12-13-14-15-16-17-18-19-21-37(45)46-36-25-29-42(7)34(40(36,4)5)24-28-41(6)31-22-23-32(38(31)33(44)30-35(41)42)43(8)27-20-26-39(2,3)47-43/h31-36,38,44H,9-30H2,1-8H3/t31?,32-,33+,34?,35-,36-,38-,41-,42-,43+/m0/s1. The molecule has 0 aromatic heterocycles. The first-order valence-electron chi connectivity index (χ1n) is 20.8. The normalized spacial score (nSPS) is 42.3. The summed E-state index contributed by atoms with van der Waals surface area (Å²) in [5.41, 5.74) is 0.203. The Bertz CT molecular complexity index is 1030. The van der Waals surface area contributed by atoms with E-state index in [1.54, 1.807) is 0 Å². The van der Waals surface area contributed by atoms with Gasteiger partial charge in [0.2, 0.25) is 0 Å². The average Bonchev–Trinajstić information content (AvgIpc) is 3.47. The Morgan fingerprint density at radius 2 is 1.30 bits per heavy atom. The molecule has 47 heavy (non-hydrogen) atoms. The summed E-state index contributed by atoms with van der Waals surface area (Å²) in [5.74, 6) is 2.45. The third kappa shape index (κ3) is 7.69. The van der Waals surface area contributed by atoms with Crippen LogP contribution in [0.15, 0.2) is 0 Å². The summed E-state index contributed by atoms with van der Waals surface area (Å²) in [6.45, 7) is 19.2. The molecular weight excluding hydrogens is 580 g/mol. The summed E-state index contributed by atoms with van der Waals surface area (Å²) < 4.78 is 13.3. The summed E-state index contributed by atoms with van der Waals surface area (Å²) in [4.78, 5) is 13.1. The van der Waals surface area contributed by atoms with Crippen molar-refractivity contribution in [3.63, 3.8) is 0 Å². The maximum atomic E-state index is 13.1. The average molecular weight is 657 g/mol. The Morgan fingerprint density at radius 3 is 1.94 bits per heavy atom. The Hall–Kier alpha value is -0.610. The van der Waals surface area contributed by atoms with E-state index >= 15 is 0 Å². The van der Waals surface area contributed by atoms with Crippen LogP contribution >= 0.6 is 0 Å². The van der Waals surface area contributed by atoms with Gasteiger partial charge in [0.05, 0.1) is 17.3 Å². The summed E-state index contributed by atoms with van der Waals surface area (Å²) in [6.07, 6.45) is 26.0. The molecule has 0 bridgehead atoms. The maximum absolute atomic E-state index is 13.1. The van der Waals surface area contributed by atoms with Gasteiger partial charge in [0, 0.05) is 11.8 Å². The number of fused-ring (bicyclic) bond motifs is 5. The van der Waals surface area contributed by atoms with Gasteiger partial charge < -0.3 is 14.6 Å². The van der Waals surface area contributed by atoms with E-state index in [2.05, 4.69) is 55.4 Å². The number of ether oxygens (including phenoxy) is 2. The molecule has 5 rings (SSSR count). The monoisotopic (exact) mass is 657 g/mol. The number of carbonyl (C=O) groups excluding carboxylic acids is 1. The van der Waals surface area contributed by atoms with Crippen molar-refractivity contribution in [2.75, 3.05) is 0 Å². The van der Waals surface area contributed by atoms with Gasteiger partial charge in [0.1, 0.15) is 6.10 Å². The van der Waals surface area contributed by atoms with Crippen molar-refractivity contribution >= 4 is 5.97 Å². The molecule has 4 saturated carbocycles. The third-order valence-electron chi connectivity index (χ3n) is 15.5. The summed E-state index contributed by atoms with van der Waals surface area (Å²) in [6, 6.07) is 0. The molecule has 1 heterocycles. The lowest BCUT2D eigenvalue weighted by molar-refractivity contribution is -0.238. The zero-order valence-corrected chi connectivity index (χ0v) is 32.3. The van der Waals surface area contributed by atoms with Crippen molar-refractivity contribution < 1.29 is 19.4 Å². The van der Waals surface area contributed by atoms with Crippen LogP contribution in [-0.4, -0.2) is 34.5 Å². The molecule has 1 N–H and O–H groups in total. The minimum atomic E-state index is -0.240. The Morgan fingerprint density at radius 1 is 0.702 bits per heavy atom. The molecule has 2 unspecified atom stereocenters. The minimum Gasteiger partial charge on any atom is -0.462 e. The molecule has 1 saturated heterocycles. The van der Waals surface area contributed by atoms with E-state index in [0.29, 0.717) is 36.0 Å². The van der Waals surface area contributed by atoms with Gasteiger partial charge >= 0.3 is 5.97 Å². The zero-order valence-electron chi connectivity index (χ0n) is 32.3. The number of hydrogen-bond acceptors (Lipinski definition) is 4. The van der Waals surface area contributed by atoms with Gasteiger partial charge in [-0.3, -0.25) is 4.79 Å². The van der Waals surface area contributed by atoms with Crippen LogP contribution in [0.2, 0.25) is 0 Å². The molecule has 5 fully saturated rings. The van der Waals surface area contributed by atoms with E-state index < -0.39 is 0 Å². The summed E-state index contributed by atoms with van der Waals surface area (Å²) in [5, 5.41) is 12.1. The molecule has 0 radical (unpaired) electrons. The number of aliphatic hydroxyl groups is 1. The van der Waals surface area contributed by atoms with Crippen molar-refractivity contribution in [2.24, 2.45) is 45.8 Å². The van der Waals surface area contributed by atoms with Crippen LogP contribution in [0.5, 0.6) is 0 Å². The van der Waals surface area contributed by atoms with Crippen molar-refractivity contribution in [1.82, 2.24) is 0 Å². The molecule has 0 aromatic carbocycles. The first-order chi connectivity index (χ1) is 22.2. The van der Waals surface area contributed by atoms with Crippen LogP contribution in [0.1, 0.15) is 197 Å². The van der Waals surface area contributed by atoms with Crippen molar-refractivity contribution in [1.29, 1.82) is 0 Å². The fourth-order valence-electron chi connectivity index (χ4n) is 13.2. The maximum Gasteiger partial charge on any atom is 0.306 e. The minimum absolute atomic E-state index is 0.00835. The number of rotatable bonds is 14. The summed E-state index contributed by atoms with van der Waals surface area (Å²) >= 11 is 0. The lowest BCUT2D eigenvalue weighted by atomic mass is 9.38. The van der Waals surface area contributed by atoms with Gasteiger partial charge in [-0.15, -0.1) is 0 Å². The van der Waals surface area contributed by atoms with E-state index in [9.17, 15) is 9.90 Å². The fraction of sp³-hybridized carbons (Fsp3) is 0.977. The number of esters is 1. The number of hydrogen-bond donors (Lipinski definition) is 1. The molecule has 0 amide bonds. The molecule has 5 aliphatic rings. The van der Waals surface area contributed by atoms with E-state index in [0.717, 1.165) is 44.9 Å². The number of unbranched alkanes of at least 4 members (excludes halogenated alkanes) is 10. The number of carbonyl (C=O) groups is 1. The second-order valence-corrected chi connectivity index (χ2v) is 19.5. The van der Waals surface area contributed by atoms with Crippen molar-refractivity contribution in [2.45, 2.75) is 220 Å². The molecule has 4 nitrogen and oxygen atoms in total. The van der Waals surface area contributed by atoms with Crippen molar-refractivity contribution in [3.8, 4) is 0 Å². The molecule has 4 heteroatoms. The van der Waals surface area contributed by atoms with Crippen LogP contribution in [0.4, 0.5) is 0 Å². The Labute approximate surface area is 290 Å². The van der Waals surface area contributed by atoms with Gasteiger partial charge in [0.15, 0.2) is 0 Å². The number of aliphatic hydroxyl groups excluding tert-OH is 1. The highest BCUT2D eigenvalue weighted by Gasteiger charge is 2.68. The van der Waals surface area contributed by atoms with Gasteiger partial charge in [0.25, 0.3) is 0 Å². The van der Waals surface area contributed by atoms with Crippen LogP contribution in [0.3, 0.4) is 0 Å². The zero-order chi connectivity index (χ0) is 34.1. The predicted molar refractivity (Wildman–Crippen MR) is 194 cm³/mol. The first kappa shape index (κ1) is 37.6. The highest BCUT2D eigenvalue weighted by atomic mass is 16.5. The second kappa shape index (κ2) is 14.9. The van der Waals surface area contributed by atoms with Gasteiger partial charge in [-0.2, -0.15) is 0 Å². The van der Waals surface area contributed by atoms with Crippen LogP contribution < -0.4 is 0 Å². The van der Waals surface area contributed by atoms with Crippen LogP contribution in [0, 0.1) is 45.8 Å². The highest BCUT2D eigenvalue weighted by Crippen LogP contribution is 2.72. The molecule has 10 atom stereocenters. The van der Waals surface area contributed by atoms with Gasteiger partial charge in [-0.25, -0.2) is 0 Å². The summed E-state index contributed by atoms with van der Waals surface area (Å²) in [7, 11) is 0. The Balaban J connectivity index is 1.14.